The number of hydrogen-bond donors (Lipinski definition) is 1. The second-order valence-corrected chi connectivity index (χ2v) is 3.03. The molecule has 1 rings (SSSR count). The number of nitrogens with one attached hydrogen (secondary N) is 1. The van der Waals surface area contributed by atoms with Gasteiger partial charge in [0.25, 0.3) is 0 Å². The Bertz CT molecular complexity index is 178. The molecule has 1 N–H and O–H groups in total. The fraction of sp³-hybridized carbons (Fsp3) is 0.857. The van der Waals surface area contributed by atoms with Crippen LogP contribution in [0, 0.1) is 5.92 Å². The fourth-order valence-electron chi connectivity index (χ4n) is 1.24. The van der Waals surface area contributed by atoms with Gasteiger partial charge in [0.05, 0.1) is 0 Å². The third-order valence-corrected chi connectivity index (χ3v) is 1.90. The van der Waals surface area contributed by atoms with Gasteiger partial charge in [0, 0.05) is 19.4 Å². The molecular weight excluding hydrogens is 171 g/mol. The summed E-state index contributed by atoms with van der Waals surface area (Å²) in [5.41, 5.74) is 0. The highest BCUT2D eigenvalue weighted by atomic mass is 19.4. The lowest BCUT2D eigenvalue weighted by molar-refractivity contribution is -0.137. The first-order chi connectivity index (χ1) is 5.47. The Kier molecular flexibility index (Phi) is 2.59. The fourth-order valence-corrected chi connectivity index (χ4v) is 1.24. The van der Waals surface area contributed by atoms with Crippen LogP contribution in [0.15, 0.2) is 0 Å². The van der Waals surface area contributed by atoms with Crippen molar-refractivity contribution in [3.8, 4) is 0 Å². The van der Waals surface area contributed by atoms with E-state index in [0.29, 0.717) is 6.54 Å². The van der Waals surface area contributed by atoms with Crippen LogP contribution < -0.4 is 5.32 Å². The molecule has 5 heteroatoms. The number of halogens is 3. The Hall–Kier alpha value is -0.740. The summed E-state index contributed by atoms with van der Waals surface area (Å²) < 4.78 is 35.1. The number of carbonyl (C=O) groups is 1. The number of rotatable bonds is 2. The van der Waals surface area contributed by atoms with Gasteiger partial charge in [0.15, 0.2) is 0 Å². The molecule has 0 saturated carbocycles. The van der Waals surface area contributed by atoms with Crippen molar-refractivity contribution >= 4 is 5.91 Å². The van der Waals surface area contributed by atoms with Crippen molar-refractivity contribution in [1.82, 2.24) is 5.32 Å². The van der Waals surface area contributed by atoms with Gasteiger partial charge in [-0.1, -0.05) is 0 Å². The van der Waals surface area contributed by atoms with Crippen LogP contribution in [0.1, 0.15) is 19.3 Å². The zero-order chi connectivity index (χ0) is 9.19. The van der Waals surface area contributed by atoms with Crippen molar-refractivity contribution in [3.63, 3.8) is 0 Å². The molecule has 1 aliphatic heterocycles. The molecule has 0 spiro atoms. The van der Waals surface area contributed by atoms with E-state index in [1.807, 2.05) is 0 Å². The van der Waals surface area contributed by atoms with E-state index in [0.717, 1.165) is 0 Å². The van der Waals surface area contributed by atoms with Gasteiger partial charge >= 0.3 is 6.18 Å². The smallest absolute Gasteiger partial charge is 0.356 e. The highest BCUT2D eigenvalue weighted by molar-refractivity contribution is 5.78. The second-order valence-electron chi connectivity index (χ2n) is 3.03. The van der Waals surface area contributed by atoms with E-state index in [4.69, 9.17) is 0 Å². The van der Waals surface area contributed by atoms with E-state index < -0.39 is 12.6 Å². The zero-order valence-corrected chi connectivity index (χ0v) is 6.45. The Morgan fingerprint density at radius 1 is 1.50 bits per heavy atom. The van der Waals surface area contributed by atoms with Crippen LogP contribution in [0.2, 0.25) is 0 Å². The monoisotopic (exact) mass is 181 g/mol. The van der Waals surface area contributed by atoms with Crippen LogP contribution in [0.25, 0.3) is 0 Å². The lowest BCUT2D eigenvalue weighted by Crippen LogP contribution is -2.15. The highest BCUT2D eigenvalue weighted by Gasteiger charge is 2.30. The summed E-state index contributed by atoms with van der Waals surface area (Å²) in [6.45, 7) is 0.398. The van der Waals surface area contributed by atoms with Crippen molar-refractivity contribution in [2.45, 2.75) is 25.4 Å². The van der Waals surface area contributed by atoms with E-state index in [1.165, 1.54) is 0 Å². The first kappa shape index (κ1) is 9.35. The van der Waals surface area contributed by atoms with Crippen molar-refractivity contribution in [2.75, 3.05) is 6.54 Å². The maximum atomic E-state index is 11.7. The van der Waals surface area contributed by atoms with Gasteiger partial charge in [-0.25, -0.2) is 0 Å². The van der Waals surface area contributed by atoms with Gasteiger partial charge in [-0.2, -0.15) is 13.2 Å². The largest absolute Gasteiger partial charge is 0.389 e. The van der Waals surface area contributed by atoms with E-state index in [1.54, 1.807) is 0 Å². The molecule has 12 heavy (non-hydrogen) atoms. The zero-order valence-electron chi connectivity index (χ0n) is 6.45. The summed E-state index contributed by atoms with van der Waals surface area (Å²) in [5.74, 6) is -0.263. The van der Waals surface area contributed by atoms with Crippen molar-refractivity contribution in [1.29, 1.82) is 0 Å². The van der Waals surface area contributed by atoms with Gasteiger partial charge in [-0.15, -0.1) is 0 Å². The normalized spacial score (nSPS) is 24.2. The molecule has 0 aromatic carbocycles. The minimum absolute atomic E-state index is 0.0578. The van der Waals surface area contributed by atoms with Gasteiger partial charge in [-0.05, 0) is 12.3 Å². The molecule has 1 saturated heterocycles. The molecular formula is C7H10F3NO. The third kappa shape index (κ3) is 3.11. The van der Waals surface area contributed by atoms with Crippen LogP contribution in [-0.4, -0.2) is 18.6 Å². The molecule has 0 aromatic rings. The van der Waals surface area contributed by atoms with Crippen LogP contribution >= 0.6 is 0 Å². The van der Waals surface area contributed by atoms with E-state index >= 15 is 0 Å². The standard InChI is InChI=1S/C7H10F3NO/c8-7(9,10)2-1-5-3-6(12)11-4-5/h5H,1-4H2,(H,11,12)/t5-/m0/s1. The topological polar surface area (TPSA) is 29.1 Å². The molecule has 1 aliphatic rings. The number of alkyl halides is 3. The molecule has 70 valence electrons. The van der Waals surface area contributed by atoms with Crippen molar-refractivity contribution in [3.05, 3.63) is 0 Å². The van der Waals surface area contributed by atoms with Crippen molar-refractivity contribution in [2.24, 2.45) is 5.92 Å². The van der Waals surface area contributed by atoms with E-state index in [9.17, 15) is 18.0 Å². The SMILES string of the molecule is O=C1C[C@H](CCC(F)(F)F)CN1. The number of amides is 1. The predicted octanol–water partition coefficient (Wildman–Crippen LogP) is 1.47. The van der Waals surface area contributed by atoms with E-state index in [-0.39, 0.29) is 24.7 Å². The van der Waals surface area contributed by atoms with Crippen molar-refractivity contribution < 1.29 is 18.0 Å². The first-order valence-corrected chi connectivity index (χ1v) is 3.81. The summed E-state index contributed by atoms with van der Waals surface area (Å²) in [6.07, 6.45) is -4.57. The summed E-state index contributed by atoms with van der Waals surface area (Å²) in [5, 5.41) is 2.50. The summed E-state index contributed by atoms with van der Waals surface area (Å²) in [4.78, 5) is 10.6. The molecule has 0 aromatic heterocycles. The Morgan fingerprint density at radius 2 is 2.17 bits per heavy atom. The van der Waals surface area contributed by atoms with Crippen LogP contribution in [0.4, 0.5) is 13.2 Å². The predicted molar refractivity (Wildman–Crippen MR) is 36.4 cm³/mol. The molecule has 2 nitrogen and oxygen atoms in total. The number of hydrogen-bond acceptors (Lipinski definition) is 1. The lowest BCUT2D eigenvalue weighted by atomic mass is 10.0. The molecule has 0 unspecified atom stereocenters. The van der Waals surface area contributed by atoms with Crippen LogP contribution in [-0.2, 0) is 4.79 Å². The van der Waals surface area contributed by atoms with Gasteiger partial charge in [0.1, 0.15) is 0 Å². The minimum Gasteiger partial charge on any atom is -0.356 e. The Labute approximate surface area is 68.1 Å². The average Bonchev–Trinajstić information content (AvgIpc) is 2.30. The van der Waals surface area contributed by atoms with E-state index in [2.05, 4.69) is 5.32 Å². The molecule has 0 bridgehead atoms. The molecule has 0 radical (unpaired) electrons. The molecule has 0 aliphatic carbocycles. The quantitative estimate of drug-likeness (QED) is 0.686. The summed E-state index contributed by atoms with van der Waals surface area (Å²) in [6, 6.07) is 0. The first-order valence-electron chi connectivity index (χ1n) is 3.81. The average molecular weight is 181 g/mol. The number of carbonyl (C=O) groups excluding carboxylic acids is 1. The van der Waals surface area contributed by atoms with Gasteiger partial charge in [-0.3, -0.25) is 4.79 Å². The van der Waals surface area contributed by atoms with Gasteiger partial charge < -0.3 is 5.32 Å². The second kappa shape index (κ2) is 3.33. The molecule has 1 amide bonds. The lowest BCUT2D eigenvalue weighted by Gasteiger charge is -2.08. The summed E-state index contributed by atoms with van der Waals surface area (Å²) >= 11 is 0. The molecule has 1 heterocycles. The molecule has 1 atom stereocenters. The van der Waals surface area contributed by atoms with Gasteiger partial charge in [0.2, 0.25) is 5.91 Å². The maximum absolute atomic E-state index is 11.7. The van der Waals surface area contributed by atoms with Crippen LogP contribution in [0.5, 0.6) is 0 Å². The van der Waals surface area contributed by atoms with Crippen LogP contribution in [0.3, 0.4) is 0 Å². The molecule has 1 fully saturated rings. The Morgan fingerprint density at radius 3 is 2.58 bits per heavy atom. The maximum Gasteiger partial charge on any atom is 0.389 e. The Balaban J connectivity index is 2.20. The highest BCUT2D eigenvalue weighted by Crippen LogP contribution is 2.26. The summed E-state index contributed by atoms with van der Waals surface area (Å²) in [7, 11) is 0. The third-order valence-electron chi connectivity index (χ3n) is 1.90. The minimum atomic E-state index is -4.09.